The molecular formula is C40H48N4O2. The number of carbonyl (C=O) groups excluding carboxylic acids is 1. The molecule has 2 bridgehead atoms. The Hall–Kier alpha value is -2.83. The molecule has 6 aliphatic heterocycles. The average Bonchev–Trinajstić information content (AvgIpc) is 3.76. The van der Waals surface area contributed by atoms with Gasteiger partial charge in [0, 0.05) is 40.3 Å². The second-order valence-corrected chi connectivity index (χ2v) is 16.8. The predicted molar refractivity (Wildman–Crippen MR) is 180 cm³/mol. The Labute approximate surface area is 272 Å². The Kier molecular flexibility index (Phi) is 5.19. The third kappa shape index (κ3) is 2.87. The summed E-state index contributed by atoms with van der Waals surface area (Å²) in [4.78, 5) is 19.4. The minimum Gasteiger partial charge on any atom is -0.469 e. The first-order valence-corrected chi connectivity index (χ1v) is 18.6. The molecule has 0 radical (unpaired) electrons. The van der Waals surface area contributed by atoms with Crippen LogP contribution < -0.4 is 5.32 Å². The number of carbonyl (C=O) groups is 1. The van der Waals surface area contributed by atoms with E-state index in [9.17, 15) is 4.79 Å². The lowest BCUT2D eigenvalue weighted by Crippen LogP contribution is -2.76. The zero-order chi connectivity index (χ0) is 30.6. The molecule has 3 aromatic rings. The topological polar surface area (TPSA) is 49.7 Å². The number of rotatable bonds is 3. The van der Waals surface area contributed by atoms with Gasteiger partial charge < -0.3 is 14.6 Å². The molecule has 1 aromatic heterocycles. The fourth-order valence-electron chi connectivity index (χ4n) is 14.3. The standard InChI is InChI=1S/C40H48N4O2/c1-3-37-13-6-18-42-20-12-27-26-8-4-5-9-31(26)44(33(27)34(37)42)32(24-37)25-10-11-28-30(22-25)41-40-16-15-38(23-29(40)35(45)46-2)14-7-19-43-21-17-39(28,40)36(38)43/h4-5,8-11,22,29,32,34,36,41H,3,6-7,12-21,23-24H2,1-2H3/t29-,32-,34-,36-,37+,38+,39+,40+/m0/s1. The maximum Gasteiger partial charge on any atom is 0.311 e. The van der Waals surface area contributed by atoms with Gasteiger partial charge in [0.05, 0.1) is 30.7 Å². The molecule has 8 atom stereocenters. The highest BCUT2D eigenvalue weighted by Gasteiger charge is 2.79. The largest absolute Gasteiger partial charge is 0.469 e. The minimum absolute atomic E-state index is 0.0111. The Bertz CT molecular complexity index is 1830. The number of aromatic nitrogens is 1. The molecule has 6 heteroatoms. The van der Waals surface area contributed by atoms with Crippen molar-refractivity contribution < 1.29 is 9.53 Å². The van der Waals surface area contributed by atoms with Crippen molar-refractivity contribution in [1.82, 2.24) is 14.4 Å². The maximum atomic E-state index is 13.7. The summed E-state index contributed by atoms with van der Waals surface area (Å²) < 4.78 is 8.42. The van der Waals surface area contributed by atoms with Gasteiger partial charge in [-0.15, -0.1) is 0 Å². The van der Waals surface area contributed by atoms with E-state index < -0.39 is 0 Å². The van der Waals surface area contributed by atoms with Crippen LogP contribution in [0.4, 0.5) is 5.69 Å². The van der Waals surface area contributed by atoms with Gasteiger partial charge in [0.2, 0.25) is 0 Å². The molecule has 0 amide bonds. The van der Waals surface area contributed by atoms with Gasteiger partial charge in [-0.05, 0) is 130 Å². The van der Waals surface area contributed by atoms with E-state index in [0.717, 1.165) is 32.2 Å². The molecular weight excluding hydrogens is 568 g/mol. The third-order valence-electron chi connectivity index (χ3n) is 15.7. The highest BCUT2D eigenvalue weighted by atomic mass is 16.5. The number of para-hydroxylation sites is 1. The summed E-state index contributed by atoms with van der Waals surface area (Å²) in [6.45, 7) is 7.28. The van der Waals surface area contributed by atoms with Crippen LogP contribution in [0.3, 0.4) is 0 Å². The van der Waals surface area contributed by atoms with Gasteiger partial charge in [0.1, 0.15) is 0 Å². The number of hydrogen-bond donors (Lipinski definition) is 1. The summed E-state index contributed by atoms with van der Waals surface area (Å²) in [7, 11) is 1.61. The van der Waals surface area contributed by atoms with E-state index >= 15 is 0 Å². The zero-order valence-corrected chi connectivity index (χ0v) is 27.6. The van der Waals surface area contributed by atoms with E-state index in [2.05, 4.69) is 69.1 Å². The Morgan fingerprint density at radius 1 is 0.957 bits per heavy atom. The highest BCUT2D eigenvalue weighted by molar-refractivity contribution is 5.87. The Morgan fingerprint density at radius 2 is 1.83 bits per heavy atom. The molecule has 9 aliphatic rings. The predicted octanol–water partition coefficient (Wildman–Crippen LogP) is 6.97. The summed E-state index contributed by atoms with van der Waals surface area (Å²) in [5, 5.41) is 5.73. The van der Waals surface area contributed by atoms with Crippen LogP contribution in [0.25, 0.3) is 10.9 Å². The molecule has 0 unspecified atom stereocenters. The zero-order valence-electron chi connectivity index (χ0n) is 27.6. The van der Waals surface area contributed by atoms with Gasteiger partial charge in [-0.2, -0.15) is 0 Å². The molecule has 3 saturated heterocycles. The van der Waals surface area contributed by atoms with Crippen LogP contribution >= 0.6 is 0 Å². The van der Waals surface area contributed by atoms with E-state index in [1.165, 1.54) is 92.3 Å². The van der Waals surface area contributed by atoms with Gasteiger partial charge in [0.25, 0.3) is 0 Å². The van der Waals surface area contributed by atoms with Crippen LogP contribution in [0.5, 0.6) is 0 Å². The quantitative estimate of drug-likeness (QED) is 0.322. The molecule has 46 heavy (non-hydrogen) atoms. The molecule has 1 N–H and O–H groups in total. The number of piperidine rings is 2. The van der Waals surface area contributed by atoms with E-state index in [1.807, 2.05) is 0 Å². The molecule has 2 aromatic carbocycles. The van der Waals surface area contributed by atoms with Crippen LogP contribution in [-0.2, 0) is 21.4 Å². The summed E-state index contributed by atoms with van der Waals surface area (Å²) in [6, 6.07) is 18.3. The van der Waals surface area contributed by atoms with Gasteiger partial charge >= 0.3 is 5.97 Å². The van der Waals surface area contributed by atoms with E-state index in [0.29, 0.717) is 23.5 Å². The number of hydrogen-bond acceptors (Lipinski definition) is 5. The van der Waals surface area contributed by atoms with Gasteiger partial charge in [-0.25, -0.2) is 0 Å². The first-order valence-electron chi connectivity index (χ1n) is 18.6. The van der Waals surface area contributed by atoms with Crippen LogP contribution in [0.1, 0.15) is 106 Å². The molecule has 3 spiro atoms. The number of nitrogens with one attached hydrogen (secondary N) is 1. The third-order valence-corrected chi connectivity index (χ3v) is 15.7. The van der Waals surface area contributed by atoms with Gasteiger partial charge in [-0.3, -0.25) is 14.6 Å². The second kappa shape index (κ2) is 8.79. The van der Waals surface area contributed by atoms with E-state index in [4.69, 9.17) is 4.74 Å². The smallest absolute Gasteiger partial charge is 0.311 e. The normalized spacial score (nSPS) is 41.4. The lowest BCUT2D eigenvalue weighted by atomic mass is 9.39. The molecule has 240 valence electrons. The second-order valence-electron chi connectivity index (χ2n) is 16.8. The SMILES string of the molecule is CC[C@@]12CCCN3CCc4c(n(c5ccccc45)[C@H](c4ccc5c(c4)N[C@@]46CC[C@]7(CCCN8CC[C@]54[C@@H]87)C[C@H]6C(=O)OC)C1)[C@H]32. The lowest BCUT2D eigenvalue weighted by Gasteiger charge is -2.69. The summed E-state index contributed by atoms with van der Waals surface area (Å²) in [6.07, 6.45) is 13.2. The van der Waals surface area contributed by atoms with Crippen molar-refractivity contribution in [3.63, 3.8) is 0 Å². The number of fused-ring (bicyclic) bond motifs is 6. The van der Waals surface area contributed by atoms with Crippen molar-refractivity contribution in [2.45, 2.75) is 107 Å². The van der Waals surface area contributed by atoms with Crippen LogP contribution in [-0.4, -0.2) is 65.2 Å². The molecule has 12 rings (SSSR count). The number of anilines is 1. The Balaban J connectivity index is 1.11. The fraction of sp³-hybridized carbons (Fsp3) is 0.625. The molecule has 7 heterocycles. The van der Waals surface area contributed by atoms with Crippen molar-refractivity contribution in [1.29, 1.82) is 0 Å². The van der Waals surface area contributed by atoms with Gasteiger partial charge in [0.15, 0.2) is 0 Å². The summed E-state index contributed by atoms with van der Waals surface area (Å²) in [5.41, 5.74) is 9.24. The van der Waals surface area contributed by atoms with Crippen LogP contribution in [0.2, 0.25) is 0 Å². The van der Waals surface area contributed by atoms with Crippen molar-refractivity contribution in [2.75, 3.05) is 38.6 Å². The monoisotopic (exact) mass is 616 g/mol. The van der Waals surface area contributed by atoms with Gasteiger partial charge in [-0.1, -0.05) is 37.3 Å². The van der Waals surface area contributed by atoms with Crippen molar-refractivity contribution >= 4 is 22.6 Å². The minimum atomic E-state index is -0.245. The van der Waals surface area contributed by atoms with Crippen molar-refractivity contribution in [3.05, 3.63) is 64.8 Å². The lowest BCUT2D eigenvalue weighted by molar-refractivity contribution is -0.171. The number of methoxy groups -OCH3 is 1. The average molecular weight is 617 g/mol. The fourth-order valence-corrected chi connectivity index (χ4v) is 14.3. The summed E-state index contributed by atoms with van der Waals surface area (Å²) >= 11 is 0. The molecule has 6 nitrogen and oxygen atoms in total. The first kappa shape index (κ1) is 27.2. The Morgan fingerprint density at radius 3 is 2.72 bits per heavy atom. The van der Waals surface area contributed by atoms with E-state index in [1.54, 1.807) is 18.4 Å². The highest BCUT2D eigenvalue weighted by Crippen LogP contribution is 2.74. The number of esters is 1. The number of benzene rings is 2. The molecule has 3 saturated carbocycles. The van der Waals surface area contributed by atoms with Crippen LogP contribution in [0.15, 0.2) is 42.5 Å². The summed E-state index contributed by atoms with van der Waals surface area (Å²) in [5.74, 6) is -0.0687. The first-order chi connectivity index (χ1) is 22.5. The molecule has 6 fully saturated rings. The van der Waals surface area contributed by atoms with Crippen molar-refractivity contribution in [3.8, 4) is 0 Å². The maximum absolute atomic E-state index is 13.7. The van der Waals surface area contributed by atoms with Crippen molar-refractivity contribution in [2.24, 2.45) is 16.7 Å². The van der Waals surface area contributed by atoms with Crippen LogP contribution in [0, 0.1) is 16.7 Å². The molecule has 3 aliphatic carbocycles. The number of nitrogens with zero attached hydrogens (tertiary/aromatic N) is 3. The number of ether oxygens (including phenoxy) is 1. The van der Waals surface area contributed by atoms with E-state index in [-0.39, 0.29) is 28.3 Å².